The van der Waals surface area contributed by atoms with Crippen molar-refractivity contribution < 1.29 is 4.39 Å². The minimum absolute atomic E-state index is 0.127. The third-order valence-corrected chi connectivity index (χ3v) is 3.60. The number of hydrogen-bond acceptors (Lipinski definition) is 3. The Morgan fingerprint density at radius 1 is 1.33 bits per heavy atom. The molecule has 2 N–H and O–H groups in total. The van der Waals surface area contributed by atoms with Gasteiger partial charge < -0.3 is 10.6 Å². The van der Waals surface area contributed by atoms with Gasteiger partial charge in [-0.05, 0) is 37.6 Å². The van der Waals surface area contributed by atoms with Crippen LogP contribution in [-0.4, -0.2) is 11.9 Å². The van der Waals surface area contributed by atoms with Gasteiger partial charge in [0.2, 0.25) is 0 Å². The Morgan fingerprint density at radius 3 is 2.42 bits per heavy atom. The fraction of sp³-hybridized carbons (Fsp3) is 0.150. The molecular weight excluding hydrogens is 301 g/mol. The van der Waals surface area contributed by atoms with Crippen LogP contribution in [0.3, 0.4) is 0 Å². The number of nitrogens with zero attached hydrogens (tertiary/aromatic N) is 2. The van der Waals surface area contributed by atoms with Crippen molar-refractivity contribution in [3.63, 3.8) is 0 Å². The van der Waals surface area contributed by atoms with Crippen LogP contribution in [0.15, 0.2) is 72.8 Å². The largest absolute Gasteiger partial charge is 0.399 e. The molecule has 0 heterocycles. The Bertz CT molecular complexity index is 792. The van der Waals surface area contributed by atoms with Crippen LogP contribution < -0.4 is 5.73 Å². The highest BCUT2D eigenvalue weighted by atomic mass is 19.1. The summed E-state index contributed by atoms with van der Waals surface area (Å²) in [6.07, 6.45) is 3.51. The molecule has 0 aliphatic carbocycles. The van der Waals surface area contributed by atoms with Crippen molar-refractivity contribution >= 4 is 5.57 Å². The molecule has 4 heteroatoms. The SMILES string of the molecule is C=C(N)/C(=C\C(=C)/C(=C/C)N(C)C(=C)C)c1c(F)cccc1C#N. The van der Waals surface area contributed by atoms with Gasteiger partial charge in [-0.25, -0.2) is 4.39 Å². The third kappa shape index (κ3) is 4.02. The van der Waals surface area contributed by atoms with Gasteiger partial charge in [0.15, 0.2) is 0 Å². The second-order valence-corrected chi connectivity index (χ2v) is 5.35. The zero-order valence-electron chi connectivity index (χ0n) is 14.4. The van der Waals surface area contributed by atoms with E-state index in [0.717, 1.165) is 11.4 Å². The molecule has 0 aliphatic rings. The number of likely N-dealkylation sites (N-methyl/N-ethyl adjacent to an activating group) is 1. The molecule has 24 heavy (non-hydrogen) atoms. The summed E-state index contributed by atoms with van der Waals surface area (Å²) >= 11 is 0. The number of allylic oxidation sites excluding steroid dienone is 4. The second kappa shape index (κ2) is 7.98. The minimum Gasteiger partial charge on any atom is -0.399 e. The van der Waals surface area contributed by atoms with Crippen molar-refractivity contribution in [3.8, 4) is 6.07 Å². The van der Waals surface area contributed by atoms with Crippen molar-refractivity contribution in [1.29, 1.82) is 5.26 Å². The summed E-state index contributed by atoms with van der Waals surface area (Å²) < 4.78 is 14.3. The number of rotatable bonds is 6. The van der Waals surface area contributed by atoms with E-state index in [1.165, 1.54) is 18.2 Å². The molecule has 0 amide bonds. The molecule has 0 bridgehead atoms. The number of halogens is 1. The van der Waals surface area contributed by atoms with Gasteiger partial charge in [0.25, 0.3) is 0 Å². The van der Waals surface area contributed by atoms with Gasteiger partial charge >= 0.3 is 0 Å². The van der Waals surface area contributed by atoms with Crippen LogP contribution >= 0.6 is 0 Å². The van der Waals surface area contributed by atoms with E-state index in [4.69, 9.17) is 5.73 Å². The summed E-state index contributed by atoms with van der Waals surface area (Å²) in [5.74, 6) is -0.532. The van der Waals surface area contributed by atoms with Crippen LogP contribution in [0.4, 0.5) is 4.39 Å². The summed E-state index contributed by atoms with van der Waals surface area (Å²) in [4.78, 5) is 1.86. The topological polar surface area (TPSA) is 53.0 Å². The van der Waals surface area contributed by atoms with E-state index in [1.54, 1.807) is 6.08 Å². The molecule has 1 aromatic carbocycles. The Balaban J connectivity index is 3.51. The summed E-state index contributed by atoms with van der Waals surface area (Å²) in [5, 5.41) is 9.26. The number of nitriles is 1. The zero-order valence-corrected chi connectivity index (χ0v) is 14.4. The van der Waals surface area contributed by atoms with E-state index >= 15 is 0 Å². The van der Waals surface area contributed by atoms with Gasteiger partial charge in [0.05, 0.1) is 11.6 Å². The molecular formula is C20H22FN3. The Labute approximate surface area is 143 Å². The number of hydrogen-bond donors (Lipinski definition) is 1. The van der Waals surface area contributed by atoms with E-state index < -0.39 is 5.82 Å². The lowest BCUT2D eigenvalue weighted by Crippen LogP contribution is -2.15. The molecule has 0 fully saturated rings. The van der Waals surface area contributed by atoms with Crippen LogP contribution in [-0.2, 0) is 0 Å². The van der Waals surface area contributed by atoms with E-state index in [9.17, 15) is 9.65 Å². The zero-order chi connectivity index (χ0) is 18.4. The molecule has 0 spiro atoms. The lowest BCUT2D eigenvalue weighted by molar-refractivity contribution is 0.534. The standard InChI is InChI=1S/C20H22FN3/c1-7-19(24(6)13(2)3)14(4)11-17(15(5)23)20-16(12-22)9-8-10-18(20)21/h7-11H,2,4-5,23H2,1,3,6H3/b17-11+,19-7-. The van der Waals surface area contributed by atoms with Crippen molar-refractivity contribution in [3.05, 3.63) is 89.7 Å². The fourth-order valence-corrected chi connectivity index (χ4v) is 2.26. The summed E-state index contributed by atoms with van der Waals surface area (Å²) in [5.41, 5.74) is 8.91. The number of benzene rings is 1. The van der Waals surface area contributed by atoms with Crippen molar-refractivity contribution in [2.24, 2.45) is 5.73 Å². The molecule has 0 atom stereocenters. The fourth-order valence-electron chi connectivity index (χ4n) is 2.26. The molecule has 0 radical (unpaired) electrons. The lowest BCUT2D eigenvalue weighted by Gasteiger charge is -2.23. The third-order valence-electron chi connectivity index (χ3n) is 3.60. The summed E-state index contributed by atoms with van der Waals surface area (Å²) in [6, 6.07) is 6.28. The molecule has 1 aromatic rings. The first kappa shape index (κ1) is 19.0. The molecule has 124 valence electrons. The Kier molecular flexibility index (Phi) is 6.31. The molecule has 0 aliphatic heterocycles. The van der Waals surface area contributed by atoms with Gasteiger partial charge in [0, 0.05) is 35.3 Å². The molecule has 1 rings (SSSR count). The summed E-state index contributed by atoms with van der Waals surface area (Å²) in [7, 11) is 1.86. The molecule has 0 aromatic heterocycles. The number of nitrogens with two attached hydrogens (primary N) is 1. The highest BCUT2D eigenvalue weighted by molar-refractivity contribution is 5.83. The van der Waals surface area contributed by atoms with Crippen LogP contribution in [0.2, 0.25) is 0 Å². The lowest BCUT2D eigenvalue weighted by atomic mass is 9.95. The van der Waals surface area contributed by atoms with E-state index in [1.807, 2.05) is 37.9 Å². The van der Waals surface area contributed by atoms with Crippen LogP contribution in [0.25, 0.3) is 5.57 Å². The predicted octanol–water partition coefficient (Wildman–Crippen LogP) is 4.48. The monoisotopic (exact) mass is 323 g/mol. The second-order valence-electron chi connectivity index (χ2n) is 5.35. The Hall–Kier alpha value is -3.06. The maximum Gasteiger partial charge on any atom is 0.132 e. The van der Waals surface area contributed by atoms with E-state index in [0.29, 0.717) is 11.1 Å². The molecule has 3 nitrogen and oxygen atoms in total. The van der Waals surface area contributed by atoms with Crippen LogP contribution in [0, 0.1) is 17.1 Å². The van der Waals surface area contributed by atoms with E-state index in [-0.39, 0.29) is 16.8 Å². The Morgan fingerprint density at radius 2 is 1.96 bits per heavy atom. The van der Waals surface area contributed by atoms with Crippen LogP contribution in [0.1, 0.15) is 25.0 Å². The highest BCUT2D eigenvalue weighted by Crippen LogP contribution is 2.29. The predicted molar refractivity (Wildman–Crippen MR) is 97.9 cm³/mol. The van der Waals surface area contributed by atoms with Crippen molar-refractivity contribution in [2.45, 2.75) is 13.8 Å². The first-order valence-corrected chi connectivity index (χ1v) is 7.34. The molecule has 0 unspecified atom stereocenters. The normalized spacial score (nSPS) is 11.6. The quantitative estimate of drug-likeness (QED) is 0.785. The summed E-state index contributed by atoms with van der Waals surface area (Å²) in [6.45, 7) is 15.4. The van der Waals surface area contributed by atoms with Gasteiger partial charge in [-0.15, -0.1) is 0 Å². The highest BCUT2D eigenvalue weighted by Gasteiger charge is 2.16. The smallest absolute Gasteiger partial charge is 0.132 e. The van der Waals surface area contributed by atoms with E-state index in [2.05, 4.69) is 19.7 Å². The van der Waals surface area contributed by atoms with Crippen molar-refractivity contribution in [2.75, 3.05) is 7.05 Å². The molecule has 0 saturated heterocycles. The maximum absolute atomic E-state index is 14.3. The average Bonchev–Trinajstić information content (AvgIpc) is 2.52. The molecule has 0 saturated carbocycles. The first-order chi connectivity index (χ1) is 11.2. The minimum atomic E-state index is -0.532. The van der Waals surface area contributed by atoms with Gasteiger partial charge in [0.1, 0.15) is 5.82 Å². The van der Waals surface area contributed by atoms with Gasteiger partial charge in [-0.1, -0.05) is 31.9 Å². The van der Waals surface area contributed by atoms with Crippen LogP contribution in [0.5, 0.6) is 0 Å². The maximum atomic E-state index is 14.3. The van der Waals surface area contributed by atoms with Crippen molar-refractivity contribution in [1.82, 2.24) is 4.90 Å². The van der Waals surface area contributed by atoms with Gasteiger partial charge in [-0.3, -0.25) is 0 Å². The van der Waals surface area contributed by atoms with Gasteiger partial charge in [-0.2, -0.15) is 5.26 Å². The first-order valence-electron chi connectivity index (χ1n) is 7.34. The average molecular weight is 323 g/mol.